The van der Waals surface area contributed by atoms with E-state index in [0.29, 0.717) is 5.56 Å². The van der Waals surface area contributed by atoms with Crippen LogP contribution in [0.2, 0.25) is 0 Å². The number of phenolic OH excluding ortho intramolecular Hbond substituents is 1. The van der Waals surface area contributed by atoms with E-state index in [1.165, 1.54) is 30.3 Å². The highest BCUT2D eigenvalue weighted by molar-refractivity contribution is 6.00. The van der Waals surface area contributed by atoms with Crippen molar-refractivity contribution in [3.63, 3.8) is 0 Å². The first-order valence-corrected chi connectivity index (χ1v) is 11.3. The second-order valence-electron chi connectivity index (χ2n) is 8.44. The highest BCUT2D eigenvalue weighted by Crippen LogP contribution is 2.33. The molecule has 0 spiro atoms. The van der Waals surface area contributed by atoms with Crippen molar-refractivity contribution < 1.29 is 33.0 Å². The molecule has 0 aromatic heterocycles. The molecule has 0 aliphatic rings. The molecule has 0 aliphatic carbocycles. The maximum absolute atomic E-state index is 13.1. The lowest BCUT2D eigenvalue weighted by Crippen LogP contribution is -2.42. The van der Waals surface area contributed by atoms with E-state index in [1.54, 1.807) is 12.1 Å². The lowest BCUT2D eigenvalue weighted by molar-refractivity contribution is -0.139. The van der Waals surface area contributed by atoms with Crippen molar-refractivity contribution in [2.75, 3.05) is 0 Å². The number of hydrogen-bond acceptors (Lipinski definition) is 3. The van der Waals surface area contributed by atoms with Crippen LogP contribution in [-0.2, 0) is 17.4 Å². The zero-order chi connectivity index (χ0) is 26.6. The van der Waals surface area contributed by atoms with Gasteiger partial charge in [0.05, 0.1) is 11.1 Å². The standard InChI is InChI=1S/C29H22F3NO4/c30-29(31,32)23-8-4-7-21(16-23)22-13-14-26(34)24(17-22)27(35)33-25(28(36)37)15-18-9-11-20(12-10-18)19-5-2-1-3-6-19/h1-14,16-17,25,34H,15H2,(H,33,35)(H,36,37). The molecule has 37 heavy (non-hydrogen) atoms. The summed E-state index contributed by atoms with van der Waals surface area (Å²) in [5.41, 5.74) is 1.99. The van der Waals surface area contributed by atoms with E-state index in [4.69, 9.17) is 0 Å². The number of carboxylic acid groups (broad SMARTS) is 1. The van der Waals surface area contributed by atoms with Crippen LogP contribution in [0.25, 0.3) is 22.3 Å². The molecule has 0 radical (unpaired) electrons. The Morgan fingerprint density at radius 1 is 0.757 bits per heavy atom. The molecule has 1 amide bonds. The Hall–Kier alpha value is -4.59. The van der Waals surface area contributed by atoms with Gasteiger partial charge < -0.3 is 15.5 Å². The van der Waals surface area contributed by atoms with Gasteiger partial charge in [0.2, 0.25) is 0 Å². The van der Waals surface area contributed by atoms with Gasteiger partial charge >= 0.3 is 12.1 Å². The molecule has 188 valence electrons. The summed E-state index contributed by atoms with van der Waals surface area (Å²) in [5, 5.41) is 22.3. The number of aromatic hydroxyl groups is 1. The summed E-state index contributed by atoms with van der Waals surface area (Å²) in [5.74, 6) is -2.56. The van der Waals surface area contributed by atoms with E-state index in [9.17, 15) is 33.0 Å². The summed E-state index contributed by atoms with van der Waals surface area (Å²) in [6.07, 6.45) is -4.55. The number of carbonyl (C=O) groups excluding carboxylic acids is 1. The minimum atomic E-state index is -4.54. The molecule has 0 saturated carbocycles. The fourth-order valence-electron chi connectivity index (χ4n) is 3.91. The molecule has 1 atom stereocenters. The van der Waals surface area contributed by atoms with Gasteiger partial charge in [-0.05, 0) is 52.1 Å². The predicted octanol–water partition coefficient (Wildman–Crippen LogP) is 6.17. The van der Waals surface area contributed by atoms with Crippen LogP contribution in [0, 0.1) is 0 Å². The van der Waals surface area contributed by atoms with E-state index in [-0.39, 0.29) is 23.1 Å². The first-order chi connectivity index (χ1) is 17.6. The highest BCUT2D eigenvalue weighted by atomic mass is 19.4. The molecular formula is C29H22F3NO4. The Bertz CT molecular complexity index is 1420. The molecule has 8 heteroatoms. The Morgan fingerprint density at radius 3 is 2.00 bits per heavy atom. The normalized spacial score (nSPS) is 12.1. The zero-order valence-electron chi connectivity index (χ0n) is 19.4. The van der Waals surface area contributed by atoms with Gasteiger partial charge in [-0.1, -0.05) is 72.8 Å². The lowest BCUT2D eigenvalue weighted by atomic mass is 9.99. The lowest BCUT2D eigenvalue weighted by Gasteiger charge is -2.16. The molecule has 0 saturated heterocycles. The van der Waals surface area contributed by atoms with Crippen LogP contribution >= 0.6 is 0 Å². The van der Waals surface area contributed by atoms with Crippen molar-refractivity contribution in [2.24, 2.45) is 0 Å². The van der Waals surface area contributed by atoms with Crippen molar-refractivity contribution in [1.82, 2.24) is 5.32 Å². The molecule has 5 nitrogen and oxygen atoms in total. The molecule has 0 fully saturated rings. The van der Waals surface area contributed by atoms with Crippen LogP contribution in [0.1, 0.15) is 21.5 Å². The van der Waals surface area contributed by atoms with Crippen LogP contribution in [0.15, 0.2) is 97.1 Å². The smallest absolute Gasteiger partial charge is 0.416 e. The molecule has 0 heterocycles. The quantitative estimate of drug-likeness (QED) is 0.280. The summed E-state index contributed by atoms with van der Waals surface area (Å²) in [4.78, 5) is 24.8. The van der Waals surface area contributed by atoms with Crippen LogP contribution in [-0.4, -0.2) is 28.1 Å². The number of hydrogen-bond donors (Lipinski definition) is 3. The second-order valence-corrected chi connectivity index (χ2v) is 8.44. The number of alkyl halides is 3. The van der Waals surface area contributed by atoms with Crippen molar-refractivity contribution >= 4 is 11.9 Å². The van der Waals surface area contributed by atoms with Gasteiger partial charge in [0.1, 0.15) is 11.8 Å². The van der Waals surface area contributed by atoms with Crippen LogP contribution < -0.4 is 5.32 Å². The van der Waals surface area contributed by atoms with Crippen molar-refractivity contribution in [3.8, 4) is 28.0 Å². The molecule has 4 aromatic carbocycles. The molecule has 0 bridgehead atoms. The summed E-state index contributed by atoms with van der Waals surface area (Å²) in [6, 6.07) is 24.0. The van der Waals surface area contributed by atoms with Gasteiger partial charge in [-0.2, -0.15) is 13.2 Å². The van der Waals surface area contributed by atoms with Gasteiger partial charge in [-0.25, -0.2) is 4.79 Å². The fourth-order valence-corrected chi connectivity index (χ4v) is 3.91. The van der Waals surface area contributed by atoms with Gasteiger partial charge in [0, 0.05) is 6.42 Å². The highest BCUT2D eigenvalue weighted by Gasteiger charge is 2.30. The minimum Gasteiger partial charge on any atom is -0.507 e. The van der Waals surface area contributed by atoms with Crippen LogP contribution in [0.3, 0.4) is 0 Å². The van der Waals surface area contributed by atoms with E-state index in [2.05, 4.69) is 5.32 Å². The number of amides is 1. The number of nitrogens with one attached hydrogen (secondary N) is 1. The average Bonchev–Trinajstić information content (AvgIpc) is 2.89. The molecular weight excluding hydrogens is 483 g/mol. The number of aliphatic carboxylic acids is 1. The van der Waals surface area contributed by atoms with E-state index < -0.39 is 35.4 Å². The third-order valence-corrected chi connectivity index (χ3v) is 5.87. The summed E-state index contributed by atoms with van der Waals surface area (Å²) >= 11 is 0. The van der Waals surface area contributed by atoms with Gasteiger partial charge in [-0.3, -0.25) is 4.79 Å². The Labute approximate surface area is 210 Å². The number of phenols is 1. The van der Waals surface area contributed by atoms with Gasteiger partial charge in [-0.15, -0.1) is 0 Å². The summed E-state index contributed by atoms with van der Waals surface area (Å²) in [6.45, 7) is 0. The fraction of sp³-hybridized carbons (Fsp3) is 0.103. The number of halogens is 3. The van der Waals surface area contributed by atoms with Crippen LogP contribution in [0.4, 0.5) is 13.2 Å². The minimum absolute atomic E-state index is 0.00970. The molecule has 4 aromatic rings. The SMILES string of the molecule is O=C(NC(Cc1ccc(-c2ccccc2)cc1)C(=O)O)c1cc(-c2cccc(C(F)(F)F)c2)ccc1O. The predicted molar refractivity (Wildman–Crippen MR) is 133 cm³/mol. The van der Waals surface area contributed by atoms with E-state index in [0.717, 1.165) is 23.3 Å². The average molecular weight is 505 g/mol. The number of rotatable bonds is 7. The topological polar surface area (TPSA) is 86.6 Å². The molecule has 1 unspecified atom stereocenters. The monoisotopic (exact) mass is 505 g/mol. The number of carbonyl (C=O) groups is 2. The first kappa shape index (κ1) is 25.5. The summed E-state index contributed by atoms with van der Waals surface area (Å²) < 4.78 is 39.3. The largest absolute Gasteiger partial charge is 0.507 e. The van der Waals surface area contributed by atoms with E-state index >= 15 is 0 Å². The maximum atomic E-state index is 13.1. The first-order valence-electron chi connectivity index (χ1n) is 11.3. The second kappa shape index (κ2) is 10.6. The summed E-state index contributed by atoms with van der Waals surface area (Å²) in [7, 11) is 0. The van der Waals surface area contributed by atoms with Gasteiger partial charge in [0.15, 0.2) is 0 Å². The zero-order valence-corrected chi connectivity index (χ0v) is 19.4. The number of carboxylic acids is 1. The third kappa shape index (κ3) is 6.16. The van der Waals surface area contributed by atoms with Crippen LogP contribution in [0.5, 0.6) is 5.75 Å². The Kier molecular flexibility index (Phi) is 7.29. The van der Waals surface area contributed by atoms with Crippen molar-refractivity contribution in [1.29, 1.82) is 0 Å². The third-order valence-electron chi connectivity index (χ3n) is 5.87. The Balaban J connectivity index is 1.53. The van der Waals surface area contributed by atoms with Gasteiger partial charge in [0.25, 0.3) is 5.91 Å². The Morgan fingerprint density at radius 2 is 1.35 bits per heavy atom. The number of benzene rings is 4. The maximum Gasteiger partial charge on any atom is 0.416 e. The molecule has 0 aliphatic heterocycles. The molecule has 4 rings (SSSR count). The van der Waals surface area contributed by atoms with Crippen molar-refractivity contribution in [3.05, 3.63) is 114 Å². The van der Waals surface area contributed by atoms with Crippen molar-refractivity contribution in [2.45, 2.75) is 18.6 Å². The van der Waals surface area contributed by atoms with E-state index in [1.807, 2.05) is 42.5 Å². The molecule has 3 N–H and O–H groups in total.